The third-order valence-electron chi connectivity index (χ3n) is 3.93. The predicted octanol–water partition coefficient (Wildman–Crippen LogP) is 5.60. The van der Waals surface area contributed by atoms with Crippen LogP contribution in [0.1, 0.15) is 19.5 Å². The second-order valence-electron chi connectivity index (χ2n) is 5.48. The van der Waals surface area contributed by atoms with Crippen molar-refractivity contribution in [2.75, 3.05) is 7.05 Å². The van der Waals surface area contributed by atoms with E-state index in [1.807, 2.05) is 37.7 Å². The maximum absolute atomic E-state index is 4.50. The van der Waals surface area contributed by atoms with Crippen molar-refractivity contribution in [3.05, 3.63) is 84.7 Å². The van der Waals surface area contributed by atoms with Crippen LogP contribution in [-0.2, 0) is 0 Å². The smallest absolute Gasteiger partial charge is 0.0651 e. The molecule has 3 heteroatoms. The second kappa shape index (κ2) is 9.54. The Bertz CT molecular complexity index is 949. The van der Waals surface area contributed by atoms with Gasteiger partial charge in [0.25, 0.3) is 0 Å². The van der Waals surface area contributed by atoms with Crippen LogP contribution in [0.4, 0.5) is 0 Å². The van der Waals surface area contributed by atoms with E-state index in [1.165, 1.54) is 28.9 Å². The van der Waals surface area contributed by atoms with E-state index in [-0.39, 0.29) is 0 Å². The van der Waals surface area contributed by atoms with Gasteiger partial charge in [0.15, 0.2) is 0 Å². The minimum Gasteiger partial charge on any atom is -0.333 e. The van der Waals surface area contributed by atoms with Gasteiger partial charge in [-0.3, -0.25) is 0 Å². The van der Waals surface area contributed by atoms with Crippen LogP contribution in [0.15, 0.2) is 79.0 Å². The predicted molar refractivity (Wildman–Crippen MR) is 113 cm³/mol. The molecule has 0 aliphatic heterocycles. The topological polar surface area (TPSA) is 43.8 Å². The number of rotatable bonds is 2. The van der Waals surface area contributed by atoms with Crippen LogP contribution in [-0.4, -0.2) is 16.8 Å². The minimum absolute atomic E-state index is 1.02. The Balaban J connectivity index is 0.000000570. The molecule has 134 valence electrons. The molecule has 2 N–H and O–H groups in total. The maximum atomic E-state index is 4.50. The fourth-order valence-corrected chi connectivity index (χ4v) is 2.85. The van der Waals surface area contributed by atoms with Crippen LogP contribution in [0, 0.1) is 6.92 Å². The van der Waals surface area contributed by atoms with Crippen LogP contribution < -0.4 is 5.73 Å². The van der Waals surface area contributed by atoms with Crippen molar-refractivity contribution in [2.45, 2.75) is 20.8 Å². The lowest BCUT2D eigenvalue weighted by Gasteiger charge is -2.09. The highest BCUT2D eigenvalue weighted by atomic mass is 15.3. The highest BCUT2D eigenvalue weighted by molar-refractivity contribution is 5.96. The van der Waals surface area contributed by atoms with Gasteiger partial charge >= 0.3 is 0 Å². The molecule has 4 aromatic rings. The van der Waals surface area contributed by atoms with Gasteiger partial charge in [-0.1, -0.05) is 68.4 Å². The molecule has 4 rings (SSSR count). The van der Waals surface area contributed by atoms with Crippen LogP contribution >= 0.6 is 0 Å². The van der Waals surface area contributed by atoms with Crippen LogP contribution in [0.3, 0.4) is 0 Å². The Morgan fingerprint density at radius 3 is 2.23 bits per heavy atom. The van der Waals surface area contributed by atoms with E-state index in [2.05, 4.69) is 77.6 Å². The van der Waals surface area contributed by atoms with E-state index in [0.29, 0.717) is 0 Å². The van der Waals surface area contributed by atoms with Gasteiger partial charge < -0.3 is 5.73 Å². The molecule has 0 amide bonds. The molecule has 3 nitrogen and oxygen atoms in total. The molecule has 1 heterocycles. The van der Waals surface area contributed by atoms with Crippen molar-refractivity contribution in [1.29, 1.82) is 0 Å². The van der Waals surface area contributed by atoms with E-state index in [4.69, 9.17) is 0 Å². The van der Waals surface area contributed by atoms with E-state index >= 15 is 0 Å². The molecule has 0 radical (unpaired) electrons. The Morgan fingerprint density at radius 2 is 1.50 bits per heavy atom. The summed E-state index contributed by atoms with van der Waals surface area (Å²) >= 11 is 0. The zero-order chi connectivity index (χ0) is 18.9. The highest BCUT2D eigenvalue weighted by Crippen LogP contribution is 2.29. The van der Waals surface area contributed by atoms with Crippen molar-refractivity contribution < 1.29 is 0 Å². The van der Waals surface area contributed by atoms with Gasteiger partial charge in [0.1, 0.15) is 0 Å². The summed E-state index contributed by atoms with van der Waals surface area (Å²) < 4.78 is 1.92. The summed E-state index contributed by atoms with van der Waals surface area (Å²) in [5.74, 6) is 0. The molecule has 0 atom stereocenters. The second-order valence-corrected chi connectivity index (χ2v) is 5.48. The lowest BCUT2D eigenvalue weighted by molar-refractivity contribution is 0.863. The fourth-order valence-electron chi connectivity index (χ4n) is 2.85. The average Bonchev–Trinajstić information content (AvgIpc) is 3.17. The quantitative estimate of drug-likeness (QED) is 0.514. The molecule has 0 bridgehead atoms. The summed E-state index contributed by atoms with van der Waals surface area (Å²) in [4.78, 5) is 0. The number of aryl methyl sites for hydroxylation is 1. The lowest BCUT2D eigenvalue weighted by Crippen LogP contribution is -1.95. The molecule has 0 saturated heterocycles. The Labute approximate surface area is 156 Å². The third-order valence-corrected chi connectivity index (χ3v) is 3.93. The van der Waals surface area contributed by atoms with E-state index in [9.17, 15) is 0 Å². The summed E-state index contributed by atoms with van der Waals surface area (Å²) in [6.07, 6.45) is 2.00. The minimum atomic E-state index is 1.02. The molecular weight excluding hydrogens is 318 g/mol. The molecule has 0 aliphatic carbocycles. The van der Waals surface area contributed by atoms with Gasteiger partial charge in [0, 0.05) is 6.20 Å². The number of hydrogen-bond acceptors (Lipinski definition) is 2. The molecule has 0 saturated carbocycles. The van der Waals surface area contributed by atoms with Crippen LogP contribution in [0.2, 0.25) is 0 Å². The number of benzene rings is 3. The van der Waals surface area contributed by atoms with Gasteiger partial charge in [-0.25, -0.2) is 4.68 Å². The van der Waals surface area contributed by atoms with Gasteiger partial charge in [0.05, 0.1) is 11.4 Å². The molecule has 0 fully saturated rings. The first-order chi connectivity index (χ1) is 12.8. The lowest BCUT2D eigenvalue weighted by atomic mass is 9.98. The van der Waals surface area contributed by atoms with Crippen molar-refractivity contribution in [3.63, 3.8) is 0 Å². The highest BCUT2D eigenvalue weighted by Gasteiger charge is 2.05. The Hall–Kier alpha value is -2.91. The molecule has 0 aliphatic rings. The number of aromatic nitrogens is 2. The van der Waals surface area contributed by atoms with E-state index in [0.717, 1.165) is 11.4 Å². The Morgan fingerprint density at radius 1 is 0.808 bits per heavy atom. The van der Waals surface area contributed by atoms with Crippen LogP contribution in [0.25, 0.3) is 27.6 Å². The van der Waals surface area contributed by atoms with E-state index < -0.39 is 0 Å². The first kappa shape index (κ1) is 19.4. The first-order valence-corrected chi connectivity index (χ1v) is 9.00. The Kier molecular flexibility index (Phi) is 7.12. The number of nitrogens with zero attached hydrogens (tertiary/aromatic N) is 2. The van der Waals surface area contributed by atoms with Crippen LogP contribution in [0.5, 0.6) is 0 Å². The van der Waals surface area contributed by atoms with Crippen molar-refractivity contribution in [2.24, 2.45) is 5.73 Å². The van der Waals surface area contributed by atoms with Crippen molar-refractivity contribution >= 4 is 10.8 Å². The number of hydrogen-bond donors (Lipinski definition) is 1. The summed E-state index contributed by atoms with van der Waals surface area (Å²) in [6.45, 7) is 6.01. The molecule has 26 heavy (non-hydrogen) atoms. The molecular formula is C23H27N3. The van der Waals surface area contributed by atoms with Gasteiger partial charge in [-0.2, -0.15) is 5.10 Å². The zero-order valence-electron chi connectivity index (χ0n) is 16.0. The zero-order valence-corrected chi connectivity index (χ0v) is 16.0. The number of fused-ring (bicyclic) bond motifs is 1. The average molecular weight is 345 g/mol. The molecule has 0 unspecified atom stereocenters. The molecule has 0 spiro atoms. The SMILES string of the molecule is CC.CN.Cc1ccn(-c2cccc(-c3cccc4ccccc34)c2)n1. The van der Waals surface area contributed by atoms with Gasteiger partial charge in [-0.05, 0) is 54.1 Å². The van der Waals surface area contributed by atoms with Gasteiger partial charge in [-0.15, -0.1) is 0 Å². The molecule has 1 aromatic heterocycles. The standard InChI is InChI=1S/C20H16N2.C2H6.CH5N/c1-15-12-13-22(21-15)18-9-4-8-17(14-18)20-11-5-7-16-6-2-3-10-19(16)20;2*1-2/h2-14H,1H3;1-2H3;2H2,1H3. The summed E-state index contributed by atoms with van der Waals surface area (Å²) in [7, 11) is 1.50. The van der Waals surface area contributed by atoms with Crippen molar-refractivity contribution in [1.82, 2.24) is 9.78 Å². The maximum Gasteiger partial charge on any atom is 0.0651 e. The number of nitrogens with two attached hydrogens (primary N) is 1. The van der Waals surface area contributed by atoms with Gasteiger partial charge in [0.2, 0.25) is 0 Å². The summed E-state index contributed by atoms with van der Waals surface area (Å²) in [5, 5.41) is 7.04. The molecule has 3 aromatic carbocycles. The normalized spacial score (nSPS) is 9.73. The fraction of sp³-hybridized carbons (Fsp3) is 0.174. The third kappa shape index (κ3) is 4.19. The first-order valence-electron chi connectivity index (χ1n) is 9.00. The summed E-state index contributed by atoms with van der Waals surface area (Å²) in [6, 6.07) is 25.5. The summed E-state index contributed by atoms with van der Waals surface area (Å²) in [5.41, 5.74) is 9.07. The van der Waals surface area contributed by atoms with E-state index in [1.54, 1.807) is 0 Å². The van der Waals surface area contributed by atoms with Crippen molar-refractivity contribution in [3.8, 4) is 16.8 Å². The monoisotopic (exact) mass is 345 g/mol. The largest absolute Gasteiger partial charge is 0.333 e.